The number of amides is 1. The van der Waals surface area contributed by atoms with Crippen LogP contribution in [0.2, 0.25) is 5.02 Å². The van der Waals surface area contributed by atoms with E-state index in [2.05, 4.69) is 15.3 Å². The fourth-order valence-electron chi connectivity index (χ4n) is 2.22. The van der Waals surface area contributed by atoms with Crippen molar-refractivity contribution in [3.8, 4) is 5.88 Å². The lowest BCUT2D eigenvalue weighted by atomic mass is 10.2. The first-order valence-corrected chi connectivity index (χ1v) is 9.01. The number of halogens is 1. The van der Waals surface area contributed by atoms with E-state index < -0.39 is 0 Å². The number of pyridine rings is 1. The highest BCUT2D eigenvalue weighted by Gasteiger charge is 2.12. The number of hydrogen-bond donors (Lipinski definition) is 1. The monoisotopic (exact) mass is 391 g/mol. The summed E-state index contributed by atoms with van der Waals surface area (Å²) in [5.74, 6) is 0.316. The standard InChI is InChI=1S/C17H14ClN3O2S2/c1-23-17-15-13(6-7-19-17)25-14(21-15)8-12(24)9-20-16(22)10-2-4-11(18)5-3-10/h2-7H,8-9H2,1H3,(H,20,22). The van der Waals surface area contributed by atoms with Gasteiger partial charge in [0.1, 0.15) is 5.52 Å². The van der Waals surface area contributed by atoms with Crippen molar-refractivity contribution in [3.05, 3.63) is 52.1 Å². The van der Waals surface area contributed by atoms with E-state index in [1.54, 1.807) is 48.9 Å². The van der Waals surface area contributed by atoms with Gasteiger partial charge >= 0.3 is 0 Å². The van der Waals surface area contributed by atoms with Crippen molar-refractivity contribution in [2.75, 3.05) is 13.7 Å². The Morgan fingerprint density at radius 2 is 2.08 bits per heavy atom. The molecule has 0 unspecified atom stereocenters. The number of ether oxygens (including phenoxy) is 1. The number of nitrogens with zero attached hydrogens (tertiary/aromatic N) is 2. The van der Waals surface area contributed by atoms with Gasteiger partial charge in [-0.15, -0.1) is 11.3 Å². The van der Waals surface area contributed by atoms with Crippen molar-refractivity contribution in [1.82, 2.24) is 15.3 Å². The second-order valence-electron chi connectivity index (χ2n) is 5.18. The Hall–Kier alpha value is -2.09. The maximum atomic E-state index is 12.1. The van der Waals surface area contributed by atoms with Crippen molar-refractivity contribution in [2.45, 2.75) is 6.42 Å². The van der Waals surface area contributed by atoms with Gasteiger partial charge in [0, 0.05) is 34.6 Å². The number of carbonyl (C=O) groups is 1. The van der Waals surface area contributed by atoms with E-state index in [0.29, 0.717) is 34.3 Å². The third-order valence-corrected chi connectivity index (χ3v) is 4.97. The molecule has 3 aromatic rings. The number of fused-ring (bicyclic) bond motifs is 1. The first-order chi connectivity index (χ1) is 12.1. The number of thiazole rings is 1. The molecule has 0 aliphatic rings. The summed E-state index contributed by atoms with van der Waals surface area (Å²) in [4.78, 5) is 21.5. The highest BCUT2D eigenvalue weighted by Crippen LogP contribution is 2.27. The lowest BCUT2D eigenvalue weighted by Gasteiger charge is -2.05. The summed E-state index contributed by atoms with van der Waals surface area (Å²) >= 11 is 12.7. The number of thiocarbonyl (C=S) groups is 1. The predicted octanol–water partition coefficient (Wildman–Crippen LogP) is 3.70. The van der Waals surface area contributed by atoms with Gasteiger partial charge in [-0.2, -0.15) is 0 Å². The predicted molar refractivity (Wildman–Crippen MR) is 104 cm³/mol. The summed E-state index contributed by atoms with van der Waals surface area (Å²) in [6.07, 6.45) is 2.20. The quantitative estimate of drug-likeness (QED) is 0.649. The molecule has 0 saturated carbocycles. The van der Waals surface area contributed by atoms with E-state index in [9.17, 15) is 4.79 Å². The van der Waals surface area contributed by atoms with Gasteiger partial charge in [-0.1, -0.05) is 23.8 Å². The lowest BCUT2D eigenvalue weighted by Crippen LogP contribution is -2.29. The van der Waals surface area contributed by atoms with Crippen LogP contribution >= 0.6 is 35.2 Å². The number of nitrogens with one attached hydrogen (secondary N) is 1. The minimum atomic E-state index is -0.186. The molecular weight excluding hydrogens is 378 g/mol. The third kappa shape index (κ3) is 4.31. The van der Waals surface area contributed by atoms with Gasteiger partial charge in [-0.3, -0.25) is 4.79 Å². The molecule has 0 atom stereocenters. The van der Waals surface area contributed by atoms with Crippen molar-refractivity contribution in [1.29, 1.82) is 0 Å². The first kappa shape index (κ1) is 17.7. The molecule has 0 saturated heterocycles. The topological polar surface area (TPSA) is 64.1 Å². The zero-order valence-corrected chi connectivity index (χ0v) is 15.7. The van der Waals surface area contributed by atoms with E-state index in [1.165, 1.54) is 0 Å². The smallest absolute Gasteiger partial charge is 0.251 e. The number of methoxy groups -OCH3 is 1. The summed E-state index contributed by atoms with van der Waals surface area (Å²) in [6, 6.07) is 8.60. The molecule has 0 fully saturated rings. The van der Waals surface area contributed by atoms with Crippen LogP contribution in [-0.2, 0) is 6.42 Å². The Balaban J connectivity index is 1.61. The molecule has 8 heteroatoms. The molecule has 2 heterocycles. The van der Waals surface area contributed by atoms with Gasteiger partial charge in [-0.05, 0) is 30.3 Å². The van der Waals surface area contributed by atoms with E-state index in [-0.39, 0.29) is 5.91 Å². The number of hydrogen-bond acceptors (Lipinski definition) is 6. The summed E-state index contributed by atoms with van der Waals surface area (Å²) < 4.78 is 6.21. The van der Waals surface area contributed by atoms with Crippen molar-refractivity contribution in [3.63, 3.8) is 0 Å². The van der Waals surface area contributed by atoms with Gasteiger partial charge in [0.15, 0.2) is 0 Å². The molecule has 0 aliphatic carbocycles. The SMILES string of the molecule is COc1nccc2sc(CC(=S)CNC(=O)c3ccc(Cl)cc3)nc12. The molecule has 2 aromatic heterocycles. The summed E-state index contributed by atoms with van der Waals surface area (Å²) in [7, 11) is 1.57. The van der Waals surface area contributed by atoms with Crippen LogP contribution in [0.25, 0.3) is 10.2 Å². The van der Waals surface area contributed by atoms with Crippen molar-refractivity contribution in [2.24, 2.45) is 0 Å². The van der Waals surface area contributed by atoms with E-state index >= 15 is 0 Å². The van der Waals surface area contributed by atoms with Gasteiger partial charge < -0.3 is 10.1 Å². The van der Waals surface area contributed by atoms with E-state index in [4.69, 9.17) is 28.6 Å². The Morgan fingerprint density at radius 3 is 2.80 bits per heavy atom. The van der Waals surface area contributed by atoms with Gasteiger partial charge in [0.2, 0.25) is 5.88 Å². The second-order valence-corrected chi connectivity index (χ2v) is 7.31. The molecule has 3 rings (SSSR count). The van der Waals surface area contributed by atoms with Gasteiger partial charge in [-0.25, -0.2) is 9.97 Å². The lowest BCUT2D eigenvalue weighted by molar-refractivity contribution is 0.0959. The fourth-order valence-corrected chi connectivity index (χ4v) is 3.64. The number of carbonyl (C=O) groups excluding carboxylic acids is 1. The van der Waals surface area contributed by atoms with Gasteiger partial charge in [0.05, 0.1) is 16.8 Å². The normalized spacial score (nSPS) is 10.6. The maximum Gasteiger partial charge on any atom is 0.251 e. The number of benzene rings is 1. The highest BCUT2D eigenvalue weighted by molar-refractivity contribution is 7.80. The molecule has 5 nitrogen and oxygen atoms in total. The average Bonchev–Trinajstić information content (AvgIpc) is 3.02. The van der Waals surface area contributed by atoms with Crippen LogP contribution in [0.1, 0.15) is 15.4 Å². The number of aromatic nitrogens is 2. The summed E-state index contributed by atoms with van der Waals surface area (Å²) in [6.45, 7) is 0.308. The van der Waals surface area contributed by atoms with Crippen LogP contribution in [0.3, 0.4) is 0 Å². The van der Waals surface area contributed by atoms with Crippen LogP contribution in [0.15, 0.2) is 36.5 Å². The summed E-state index contributed by atoms with van der Waals surface area (Å²) in [5.41, 5.74) is 1.28. The van der Waals surface area contributed by atoms with Crippen LogP contribution in [-0.4, -0.2) is 34.4 Å². The molecule has 25 heavy (non-hydrogen) atoms. The highest BCUT2D eigenvalue weighted by atomic mass is 35.5. The average molecular weight is 392 g/mol. The molecule has 1 N–H and O–H groups in total. The summed E-state index contributed by atoms with van der Waals surface area (Å²) in [5, 5.41) is 4.27. The van der Waals surface area contributed by atoms with Crippen molar-refractivity contribution < 1.29 is 9.53 Å². The number of rotatable bonds is 6. The molecule has 1 amide bonds. The first-order valence-electron chi connectivity index (χ1n) is 7.40. The zero-order chi connectivity index (χ0) is 17.8. The molecule has 0 spiro atoms. The van der Waals surface area contributed by atoms with Crippen LogP contribution in [0.5, 0.6) is 5.88 Å². The van der Waals surface area contributed by atoms with Crippen LogP contribution in [0, 0.1) is 0 Å². The Kier molecular flexibility index (Phi) is 5.57. The van der Waals surface area contributed by atoms with Gasteiger partial charge in [0.25, 0.3) is 5.91 Å². The van der Waals surface area contributed by atoms with Crippen LogP contribution < -0.4 is 10.1 Å². The van der Waals surface area contributed by atoms with E-state index in [1.807, 2.05) is 6.07 Å². The van der Waals surface area contributed by atoms with E-state index in [0.717, 1.165) is 15.2 Å². The molecule has 1 aromatic carbocycles. The Bertz CT molecular complexity index is 925. The largest absolute Gasteiger partial charge is 0.479 e. The third-order valence-electron chi connectivity index (χ3n) is 3.41. The second kappa shape index (κ2) is 7.86. The minimum absolute atomic E-state index is 0.186. The van der Waals surface area contributed by atoms with Crippen LogP contribution in [0.4, 0.5) is 0 Å². The molecule has 0 radical (unpaired) electrons. The zero-order valence-electron chi connectivity index (χ0n) is 13.3. The minimum Gasteiger partial charge on any atom is -0.479 e. The Labute approximate surface area is 159 Å². The van der Waals surface area contributed by atoms with Crippen molar-refractivity contribution >= 4 is 56.1 Å². The maximum absolute atomic E-state index is 12.1. The molecule has 128 valence electrons. The fraction of sp³-hybridized carbons (Fsp3) is 0.176. The Morgan fingerprint density at radius 1 is 1.32 bits per heavy atom. The molecule has 0 bridgehead atoms. The molecule has 0 aliphatic heterocycles. The molecular formula is C17H14ClN3O2S2.